The third kappa shape index (κ3) is 3.60. The summed E-state index contributed by atoms with van der Waals surface area (Å²) in [6.45, 7) is 4.07. The average molecular weight is 320 g/mol. The van der Waals surface area contributed by atoms with Gasteiger partial charge in [-0.2, -0.15) is 0 Å². The Kier molecular flexibility index (Phi) is 4.56. The highest BCUT2D eigenvalue weighted by molar-refractivity contribution is 5.77. The molecule has 0 aliphatic heterocycles. The first-order valence-corrected chi connectivity index (χ1v) is 7.75. The molecule has 122 valence electrons. The zero-order valence-corrected chi connectivity index (χ0v) is 13.7. The van der Waals surface area contributed by atoms with Gasteiger partial charge in [-0.3, -0.25) is 0 Å². The van der Waals surface area contributed by atoms with Crippen molar-refractivity contribution >= 4 is 23.1 Å². The van der Waals surface area contributed by atoms with Gasteiger partial charge in [0.15, 0.2) is 11.6 Å². The van der Waals surface area contributed by atoms with E-state index in [9.17, 15) is 0 Å². The smallest absolute Gasteiger partial charge is 0.160 e. The average Bonchev–Trinajstić information content (AvgIpc) is 2.59. The normalized spacial score (nSPS) is 11.8. The van der Waals surface area contributed by atoms with E-state index in [1.165, 1.54) is 6.33 Å². The first-order valence-electron chi connectivity index (χ1n) is 7.75. The molecule has 0 aliphatic carbocycles. The Labute approximate surface area is 141 Å². The van der Waals surface area contributed by atoms with Crippen LogP contribution in [-0.4, -0.2) is 15.0 Å². The van der Waals surface area contributed by atoms with E-state index in [1.54, 1.807) is 6.20 Å². The molecule has 0 fully saturated rings. The molecule has 3 aromatic rings. The Morgan fingerprint density at radius 1 is 1.00 bits per heavy atom. The topological polar surface area (TPSA) is 88.8 Å². The fourth-order valence-corrected chi connectivity index (χ4v) is 2.37. The van der Waals surface area contributed by atoms with Crippen LogP contribution >= 0.6 is 0 Å². The maximum atomic E-state index is 6.22. The molecule has 0 saturated carbocycles. The molecular formula is C18H20N6. The number of pyridine rings is 1. The number of benzene rings is 1. The molecule has 0 amide bonds. The summed E-state index contributed by atoms with van der Waals surface area (Å²) in [5, 5.41) is 6.47. The van der Waals surface area contributed by atoms with Gasteiger partial charge in [-0.15, -0.1) is 0 Å². The van der Waals surface area contributed by atoms with Gasteiger partial charge in [0.2, 0.25) is 0 Å². The maximum absolute atomic E-state index is 6.22. The minimum atomic E-state index is 0.0772. The standard InChI is InChI=1S/C18H20N6/c1-12-8-9-20-15(10-12)24-18-16(19)17(21-11-22-18)23-13(2)14-6-4-3-5-7-14/h3-11,13H,19H2,1-2H3,(H2,20,21,22,23,24). The van der Waals surface area contributed by atoms with Crippen LogP contribution in [0.5, 0.6) is 0 Å². The second-order valence-electron chi connectivity index (χ2n) is 5.60. The first kappa shape index (κ1) is 15.7. The maximum Gasteiger partial charge on any atom is 0.160 e. The Hall–Kier alpha value is -3.15. The quantitative estimate of drug-likeness (QED) is 0.664. The lowest BCUT2D eigenvalue weighted by Gasteiger charge is -2.17. The van der Waals surface area contributed by atoms with E-state index in [1.807, 2.05) is 37.3 Å². The van der Waals surface area contributed by atoms with Crippen molar-refractivity contribution in [1.82, 2.24) is 15.0 Å². The third-order valence-corrected chi connectivity index (χ3v) is 3.70. The number of nitrogens with two attached hydrogens (primary N) is 1. The predicted octanol–water partition coefficient (Wildman–Crippen LogP) is 3.68. The number of nitrogens with one attached hydrogen (secondary N) is 2. The molecule has 1 unspecified atom stereocenters. The minimum absolute atomic E-state index is 0.0772. The molecule has 0 bridgehead atoms. The number of anilines is 4. The molecule has 24 heavy (non-hydrogen) atoms. The summed E-state index contributed by atoms with van der Waals surface area (Å²) in [6, 6.07) is 14.1. The van der Waals surface area contributed by atoms with Gasteiger partial charge in [0.05, 0.1) is 6.04 Å². The number of hydrogen-bond donors (Lipinski definition) is 3. The van der Waals surface area contributed by atoms with E-state index in [2.05, 4.69) is 44.6 Å². The highest BCUT2D eigenvalue weighted by Crippen LogP contribution is 2.28. The summed E-state index contributed by atoms with van der Waals surface area (Å²) < 4.78 is 0. The number of aromatic nitrogens is 3. The fourth-order valence-electron chi connectivity index (χ4n) is 2.37. The van der Waals surface area contributed by atoms with Crippen LogP contribution in [0.4, 0.5) is 23.1 Å². The van der Waals surface area contributed by atoms with Gasteiger partial charge in [0.25, 0.3) is 0 Å². The van der Waals surface area contributed by atoms with Crippen LogP contribution in [0, 0.1) is 6.92 Å². The van der Waals surface area contributed by atoms with Crippen molar-refractivity contribution in [2.45, 2.75) is 19.9 Å². The zero-order chi connectivity index (χ0) is 16.9. The van der Waals surface area contributed by atoms with Crippen LogP contribution in [0.25, 0.3) is 0 Å². The van der Waals surface area contributed by atoms with Crippen LogP contribution in [0.3, 0.4) is 0 Å². The molecule has 4 N–H and O–H groups in total. The largest absolute Gasteiger partial charge is 0.393 e. The molecule has 6 heteroatoms. The molecule has 3 rings (SSSR count). The van der Waals surface area contributed by atoms with Gasteiger partial charge in [0.1, 0.15) is 17.8 Å². The third-order valence-electron chi connectivity index (χ3n) is 3.70. The number of nitrogens with zero attached hydrogens (tertiary/aromatic N) is 3. The summed E-state index contributed by atoms with van der Waals surface area (Å²) in [6.07, 6.45) is 3.22. The van der Waals surface area contributed by atoms with Gasteiger partial charge in [0, 0.05) is 6.20 Å². The van der Waals surface area contributed by atoms with E-state index in [4.69, 9.17) is 5.73 Å². The highest BCUT2D eigenvalue weighted by atomic mass is 15.1. The monoisotopic (exact) mass is 320 g/mol. The molecule has 0 saturated heterocycles. The van der Waals surface area contributed by atoms with Crippen molar-refractivity contribution in [3.05, 3.63) is 66.1 Å². The Morgan fingerprint density at radius 2 is 1.75 bits per heavy atom. The molecule has 1 atom stereocenters. The lowest BCUT2D eigenvalue weighted by molar-refractivity contribution is 0.873. The summed E-state index contributed by atoms with van der Waals surface area (Å²) in [7, 11) is 0. The predicted molar refractivity (Wildman–Crippen MR) is 97.2 cm³/mol. The van der Waals surface area contributed by atoms with Crippen LogP contribution in [0.1, 0.15) is 24.1 Å². The number of aryl methyl sites for hydroxylation is 1. The first-order chi connectivity index (χ1) is 11.6. The molecular weight excluding hydrogens is 300 g/mol. The lowest BCUT2D eigenvalue weighted by atomic mass is 10.1. The SMILES string of the molecule is Cc1ccnc(Nc2ncnc(NC(C)c3ccccc3)c2N)c1. The van der Waals surface area contributed by atoms with E-state index >= 15 is 0 Å². The lowest BCUT2D eigenvalue weighted by Crippen LogP contribution is -2.11. The minimum Gasteiger partial charge on any atom is -0.393 e. The van der Waals surface area contributed by atoms with Gasteiger partial charge in [-0.1, -0.05) is 30.3 Å². The zero-order valence-electron chi connectivity index (χ0n) is 13.7. The summed E-state index contributed by atoms with van der Waals surface area (Å²) in [5.74, 6) is 1.82. The summed E-state index contributed by atoms with van der Waals surface area (Å²) in [4.78, 5) is 12.7. The molecule has 2 heterocycles. The van der Waals surface area contributed by atoms with E-state index in [-0.39, 0.29) is 6.04 Å². The molecule has 1 aromatic carbocycles. The van der Waals surface area contributed by atoms with Gasteiger partial charge in [-0.05, 0) is 37.1 Å². The number of rotatable bonds is 5. The van der Waals surface area contributed by atoms with Crippen LogP contribution in [0.2, 0.25) is 0 Å². The Morgan fingerprint density at radius 3 is 2.50 bits per heavy atom. The van der Waals surface area contributed by atoms with Crippen molar-refractivity contribution in [2.24, 2.45) is 0 Å². The van der Waals surface area contributed by atoms with Crippen LogP contribution in [0.15, 0.2) is 55.0 Å². The van der Waals surface area contributed by atoms with E-state index in [0.29, 0.717) is 23.1 Å². The molecule has 2 aromatic heterocycles. The van der Waals surface area contributed by atoms with E-state index < -0.39 is 0 Å². The summed E-state index contributed by atoms with van der Waals surface area (Å²) in [5.41, 5.74) is 8.94. The second-order valence-corrected chi connectivity index (χ2v) is 5.60. The molecule has 0 spiro atoms. The highest BCUT2D eigenvalue weighted by Gasteiger charge is 2.12. The van der Waals surface area contributed by atoms with Crippen molar-refractivity contribution in [1.29, 1.82) is 0 Å². The van der Waals surface area contributed by atoms with Gasteiger partial charge in [-0.25, -0.2) is 15.0 Å². The number of hydrogen-bond acceptors (Lipinski definition) is 6. The second kappa shape index (κ2) is 6.95. The van der Waals surface area contributed by atoms with Crippen LogP contribution in [-0.2, 0) is 0 Å². The van der Waals surface area contributed by atoms with Crippen molar-refractivity contribution in [3.8, 4) is 0 Å². The van der Waals surface area contributed by atoms with Crippen molar-refractivity contribution in [2.75, 3.05) is 16.4 Å². The molecule has 0 aliphatic rings. The Balaban J connectivity index is 1.80. The van der Waals surface area contributed by atoms with Crippen molar-refractivity contribution < 1.29 is 0 Å². The Bertz CT molecular complexity index is 819. The van der Waals surface area contributed by atoms with Gasteiger partial charge >= 0.3 is 0 Å². The summed E-state index contributed by atoms with van der Waals surface area (Å²) >= 11 is 0. The van der Waals surface area contributed by atoms with Gasteiger partial charge < -0.3 is 16.4 Å². The van der Waals surface area contributed by atoms with Crippen molar-refractivity contribution in [3.63, 3.8) is 0 Å². The van der Waals surface area contributed by atoms with E-state index in [0.717, 1.165) is 11.1 Å². The van der Waals surface area contributed by atoms with Crippen LogP contribution < -0.4 is 16.4 Å². The molecule has 0 radical (unpaired) electrons. The molecule has 6 nitrogen and oxygen atoms in total. The fraction of sp³-hybridized carbons (Fsp3) is 0.167. The number of nitrogen functional groups attached to an aromatic ring is 1.